The molecule has 3 aromatic rings. The Bertz CT molecular complexity index is 979. The van der Waals surface area contributed by atoms with Crippen LogP contribution in [0, 0.1) is 5.82 Å². The summed E-state index contributed by atoms with van der Waals surface area (Å²) >= 11 is 0. The van der Waals surface area contributed by atoms with Crippen molar-refractivity contribution in [2.24, 2.45) is 11.5 Å². The number of nitrogens with zero attached hydrogens (tertiary/aromatic N) is 1. The molecule has 1 atom stereocenters. The van der Waals surface area contributed by atoms with E-state index in [1.807, 2.05) is 36.4 Å². The first-order chi connectivity index (χ1) is 13.4. The number of ether oxygens (including phenoxy) is 2. The second-order valence-electron chi connectivity index (χ2n) is 6.40. The largest absolute Gasteiger partial charge is 0.494 e. The van der Waals surface area contributed by atoms with Crippen molar-refractivity contribution in [1.29, 1.82) is 0 Å². The van der Waals surface area contributed by atoms with Gasteiger partial charge in [0.2, 0.25) is 0 Å². The molecule has 2 aromatic carbocycles. The van der Waals surface area contributed by atoms with Gasteiger partial charge in [0.15, 0.2) is 17.4 Å². The molecule has 0 saturated heterocycles. The van der Waals surface area contributed by atoms with E-state index in [2.05, 4.69) is 11.6 Å². The molecule has 1 aromatic heterocycles. The first-order valence-corrected chi connectivity index (χ1v) is 8.65. The highest BCUT2D eigenvalue weighted by atomic mass is 19.1. The van der Waals surface area contributed by atoms with Crippen molar-refractivity contribution in [3.63, 3.8) is 0 Å². The Hall–Kier alpha value is -3.38. The summed E-state index contributed by atoms with van der Waals surface area (Å²) in [6, 6.07) is 16.0. The van der Waals surface area contributed by atoms with Gasteiger partial charge in [-0.3, -0.25) is 4.98 Å². The minimum absolute atomic E-state index is 0.00933. The summed E-state index contributed by atoms with van der Waals surface area (Å²) in [5, 5.41) is 0. The van der Waals surface area contributed by atoms with Crippen molar-refractivity contribution in [3.8, 4) is 16.9 Å². The van der Waals surface area contributed by atoms with E-state index in [1.165, 1.54) is 19.2 Å². The zero-order valence-corrected chi connectivity index (χ0v) is 15.6. The van der Waals surface area contributed by atoms with Gasteiger partial charge in [-0.05, 0) is 53.1 Å². The summed E-state index contributed by atoms with van der Waals surface area (Å²) in [6.07, 6.45) is 3.48. The minimum Gasteiger partial charge on any atom is -0.494 e. The highest BCUT2D eigenvalue weighted by molar-refractivity contribution is 5.64. The molecule has 0 aliphatic rings. The van der Waals surface area contributed by atoms with Crippen LogP contribution in [0.3, 0.4) is 0 Å². The van der Waals surface area contributed by atoms with Crippen molar-refractivity contribution in [2.45, 2.75) is 5.54 Å². The molecule has 28 heavy (non-hydrogen) atoms. The molecule has 0 amide bonds. The molecule has 0 saturated carbocycles. The lowest BCUT2D eigenvalue weighted by atomic mass is 9.83. The SMILES string of the molecule is C=C(N)OCC(N)(c1cccc(-c2cccnc2)c1)c1ccc(OC)c(F)c1. The molecule has 0 aliphatic carbocycles. The number of hydrogen-bond donors (Lipinski definition) is 2. The third-order valence-corrected chi connectivity index (χ3v) is 4.52. The molecular weight excluding hydrogens is 357 g/mol. The van der Waals surface area contributed by atoms with Crippen molar-refractivity contribution in [2.75, 3.05) is 13.7 Å². The van der Waals surface area contributed by atoms with Gasteiger partial charge in [-0.2, -0.15) is 0 Å². The Kier molecular flexibility index (Phi) is 5.61. The van der Waals surface area contributed by atoms with Crippen LogP contribution in [0.2, 0.25) is 0 Å². The average molecular weight is 379 g/mol. The van der Waals surface area contributed by atoms with Crippen LogP contribution in [0.1, 0.15) is 11.1 Å². The fraction of sp³-hybridized carbons (Fsp3) is 0.136. The minimum atomic E-state index is -1.16. The molecular formula is C22H22FN3O2. The predicted molar refractivity (Wildman–Crippen MR) is 107 cm³/mol. The van der Waals surface area contributed by atoms with Gasteiger partial charge in [-0.1, -0.05) is 30.3 Å². The van der Waals surface area contributed by atoms with E-state index >= 15 is 0 Å². The maximum Gasteiger partial charge on any atom is 0.176 e. The summed E-state index contributed by atoms with van der Waals surface area (Å²) in [4.78, 5) is 4.15. The number of aromatic nitrogens is 1. The van der Waals surface area contributed by atoms with Gasteiger partial charge in [0.1, 0.15) is 12.1 Å². The Balaban J connectivity index is 2.10. The lowest BCUT2D eigenvalue weighted by Gasteiger charge is -2.31. The average Bonchev–Trinajstić information content (AvgIpc) is 2.72. The fourth-order valence-corrected chi connectivity index (χ4v) is 2.99. The maximum absolute atomic E-state index is 14.4. The highest BCUT2D eigenvalue weighted by Crippen LogP contribution is 2.33. The number of methoxy groups -OCH3 is 1. The zero-order chi connectivity index (χ0) is 20.1. The quantitative estimate of drug-likeness (QED) is 0.614. The van der Waals surface area contributed by atoms with Gasteiger partial charge in [0.25, 0.3) is 0 Å². The van der Waals surface area contributed by atoms with E-state index in [0.717, 1.165) is 16.7 Å². The smallest absolute Gasteiger partial charge is 0.176 e. The molecule has 1 unspecified atom stereocenters. The van der Waals surface area contributed by atoms with Crippen LogP contribution in [-0.2, 0) is 10.3 Å². The van der Waals surface area contributed by atoms with E-state index in [4.69, 9.17) is 20.9 Å². The normalized spacial score (nSPS) is 12.8. The molecule has 0 fully saturated rings. The summed E-state index contributed by atoms with van der Waals surface area (Å²) in [7, 11) is 1.41. The second-order valence-corrected chi connectivity index (χ2v) is 6.40. The molecule has 144 valence electrons. The molecule has 4 N–H and O–H groups in total. The predicted octanol–water partition coefficient (Wildman–Crippen LogP) is 3.55. The third kappa shape index (κ3) is 3.97. The van der Waals surface area contributed by atoms with Crippen LogP contribution in [0.4, 0.5) is 4.39 Å². The first kappa shape index (κ1) is 19.4. The molecule has 0 spiro atoms. The van der Waals surface area contributed by atoms with Crippen molar-refractivity contribution < 1.29 is 13.9 Å². The summed E-state index contributed by atoms with van der Waals surface area (Å²) in [5.41, 5.74) is 14.3. The van der Waals surface area contributed by atoms with Crippen LogP contribution >= 0.6 is 0 Å². The van der Waals surface area contributed by atoms with Gasteiger partial charge in [0, 0.05) is 12.4 Å². The number of halogens is 1. The fourth-order valence-electron chi connectivity index (χ4n) is 2.99. The maximum atomic E-state index is 14.4. The summed E-state index contributed by atoms with van der Waals surface area (Å²) in [5.74, 6) is -0.337. The van der Waals surface area contributed by atoms with Crippen LogP contribution in [0.5, 0.6) is 5.75 Å². The van der Waals surface area contributed by atoms with E-state index in [1.54, 1.807) is 18.5 Å². The number of benzene rings is 2. The van der Waals surface area contributed by atoms with Crippen LogP contribution in [0.25, 0.3) is 11.1 Å². The molecule has 5 nitrogen and oxygen atoms in total. The molecule has 3 rings (SSSR count). The van der Waals surface area contributed by atoms with E-state index in [0.29, 0.717) is 5.56 Å². The van der Waals surface area contributed by atoms with E-state index in [-0.39, 0.29) is 18.2 Å². The Morgan fingerprint density at radius 2 is 1.86 bits per heavy atom. The molecule has 0 bridgehead atoms. The van der Waals surface area contributed by atoms with Gasteiger partial charge in [-0.25, -0.2) is 4.39 Å². The monoisotopic (exact) mass is 379 g/mol. The third-order valence-electron chi connectivity index (χ3n) is 4.52. The molecule has 6 heteroatoms. The molecule has 0 radical (unpaired) electrons. The van der Waals surface area contributed by atoms with Gasteiger partial charge >= 0.3 is 0 Å². The topological polar surface area (TPSA) is 83.4 Å². The molecule has 0 aliphatic heterocycles. The highest BCUT2D eigenvalue weighted by Gasteiger charge is 2.32. The van der Waals surface area contributed by atoms with E-state index in [9.17, 15) is 4.39 Å². The van der Waals surface area contributed by atoms with Crippen molar-refractivity contribution in [3.05, 3.63) is 96.4 Å². The Morgan fingerprint density at radius 3 is 2.50 bits per heavy atom. The van der Waals surface area contributed by atoms with Gasteiger partial charge in [-0.15, -0.1) is 0 Å². The zero-order valence-electron chi connectivity index (χ0n) is 15.6. The Labute approximate surface area is 163 Å². The molecule has 1 heterocycles. The van der Waals surface area contributed by atoms with Gasteiger partial charge < -0.3 is 20.9 Å². The second kappa shape index (κ2) is 8.10. The number of nitrogens with two attached hydrogens (primary N) is 2. The number of hydrogen-bond acceptors (Lipinski definition) is 5. The van der Waals surface area contributed by atoms with Crippen molar-refractivity contribution >= 4 is 0 Å². The first-order valence-electron chi connectivity index (χ1n) is 8.65. The summed E-state index contributed by atoms with van der Waals surface area (Å²) < 4.78 is 24.8. The van der Waals surface area contributed by atoms with E-state index < -0.39 is 11.4 Å². The lowest BCUT2D eigenvalue weighted by molar-refractivity contribution is 0.161. The van der Waals surface area contributed by atoms with Crippen LogP contribution < -0.4 is 16.2 Å². The van der Waals surface area contributed by atoms with Crippen molar-refractivity contribution in [1.82, 2.24) is 4.98 Å². The van der Waals surface area contributed by atoms with Gasteiger partial charge in [0.05, 0.1) is 7.11 Å². The van der Waals surface area contributed by atoms with Crippen LogP contribution in [0.15, 0.2) is 79.5 Å². The Morgan fingerprint density at radius 1 is 1.11 bits per heavy atom. The summed E-state index contributed by atoms with van der Waals surface area (Å²) in [6.45, 7) is 3.54. The number of pyridine rings is 1. The van der Waals surface area contributed by atoms with Crippen LogP contribution in [-0.4, -0.2) is 18.7 Å². The number of rotatable bonds is 7. The standard InChI is InChI=1S/C22H22FN3O2/c1-15(24)28-14-22(25,19-8-9-21(27-2)20(23)12-19)18-7-3-5-16(11-18)17-6-4-10-26-13-17/h3-13H,1,14,24-25H2,2H3. The lowest BCUT2D eigenvalue weighted by Crippen LogP contribution is -2.43.